The average Bonchev–Trinajstić information content (AvgIpc) is 3.16. The van der Waals surface area contributed by atoms with Crippen LogP contribution in [0.3, 0.4) is 0 Å². The lowest BCUT2D eigenvalue weighted by Gasteiger charge is -2.24. The number of nitrogens with one attached hydrogen (secondary N) is 1. The van der Waals surface area contributed by atoms with Crippen LogP contribution in [0, 0.1) is 0 Å². The first-order valence-electron chi connectivity index (χ1n) is 22.7. The van der Waals surface area contributed by atoms with Gasteiger partial charge in [-0.3, -0.25) is 13.8 Å². The Kier molecular flexibility index (Phi) is 39.9. The number of hydrogen-bond acceptors (Lipinski definition) is 7. The molecule has 1 amide bonds. The molecule has 0 fully saturated rings. The number of rotatable bonds is 42. The van der Waals surface area contributed by atoms with Crippen molar-refractivity contribution in [3.8, 4) is 0 Å². The third kappa shape index (κ3) is 39.3. The van der Waals surface area contributed by atoms with E-state index < -0.39 is 38.6 Å². The molecule has 10 heteroatoms. The van der Waals surface area contributed by atoms with Crippen LogP contribution in [0.15, 0.2) is 36.5 Å². The van der Waals surface area contributed by atoms with Gasteiger partial charge in [0, 0.05) is 6.54 Å². The van der Waals surface area contributed by atoms with Gasteiger partial charge < -0.3 is 26.2 Å². The zero-order valence-electron chi connectivity index (χ0n) is 35.5. The molecule has 4 atom stereocenters. The van der Waals surface area contributed by atoms with Gasteiger partial charge in [-0.05, 0) is 57.8 Å². The maximum absolute atomic E-state index is 12.8. The topological polar surface area (TPSA) is 151 Å². The number of nitrogens with two attached hydrogens (primary N) is 1. The van der Waals surface area contributed by atoms with Crippen molar-refractivity contribution in [3.05, 3.63) is 36.5 Å². The van der Waals surface area contributed by atoms with Crippen molar-refractivity contribution in [2.45, 2.75) is 225 Å². The molecule has 0 saturated heterocycles. The minimum atomic E-state index is -4.41. The third-order valence-electron chi connectivity index (χ3n) is 9.99. The number of unbranched alkanes of at least 4 members (excludes halogenated alkanes) is 24. The Balaban J connectivity index is 4.24. The summed E-state index contributed by atoms with van der Waals surface area (Å²) in [5, 5.41) is 24.0. The van der Waals surface area contributed by atoms with Gasteiger partial charge in [-0.2, -0.15) is 0 Å². The Morgan fingerprint density at radius 1 is 0.618 bits per heavy atom. The van der Waals surface area contributed by atoms with E-state index >= 15 is 0 Å². The smallest absolute Gasteiger partial charge is 0.393 e. The van der Waals surface area contributed by atoms with Crippen molar-refractivity contribution in [2.75, 3.05) is 19.8 Å². The summed E-state index contributed by atoms with van der Waals surface area (Å²) < 4.78 is 22.0. The number of carbonyl (C=O) groups excluding carboxylic acids is 1. The molecule has 0 radical (unpaired) electrons. The largest absolute Gasteiger partial charge is 0.472 e. The van der Waals surface area contributed by atoms with Gasteiger partial charge in [-0.15, -0.1) is 0 Å². The van der Waals surface area contributed by atoms with Gasteiger partial charge in [-0.25, -0.2) is 4.57 Å². The van der Waals surface area contributed by atoms with E-state index in [1.807, 2.05) is 6.08 Å². The predicted molar refractivity (Wildman–Crippen MR) is 232 cm³/mol. The minimum absolute atomic E-state index is 0.0433. The molecule has 0 aromatic heterocycles. The molecule has 6 N–H and O–H groups in total. The van der Waals surface area contributed by atoms with E-state index in [2.05, 4.69) is 43.5 Å². The molecule has 55 heavy (non-hydrogen) atoms. The van der Waals surface area contributed by atoms with E-state index in [1.165, 1.54) is 128 Å². The fourth-order valence-electron chi connectivity index (χ4n) is 6.54. The van der Waals surface area contributed by atoms with Gasteiger partial charge in [0.15, 0.2) is 0 Å². The molecule has 0 spiro atoms. The zero-order chi connectivity index (χ0) is 40.5. The summed E-state index contributed by atoms with van der Waals surface area (Å²) in [4.78, 5) is 22.7. The summed E-state index contributed by atoms with van der Waals surface area (Å²) in [5.41, 5.74) is 5.36. The predicted octanol–water partition coefficient (Wildman–Crippen LogP) is 11.7. The number of carbonyl (C=O) groups is 1. The average molecular weight is 799 g/mol. The molecule has 0 rings (SSSR count). The highest BCUT2D eigenvalue weighted by Gasteiger charge is 2.27. The van der Waals surface area contributed by atoms with Crippen LogP contribution in [-0.4, -0.2) is 59.0 Å². The lowest BCUT2D eigenvalue weighted by Crippen LogP contribution is -2.46. The van der Waals surface area contributed by atoms with E-state index in [0.717, 1.165) is 44.9 Å². The molecule has 0 aliphatic heterocycles. The summed E-state index contributed by atoms with van der Waals surface area (Å²) >= 11 is 0. The summed E-state index contributed by atoms with van der Waals surface area (Å²) in [6, 6.07) is -1.00. The Hall–Kier alpha value is -1.32. The van der Waals surface area contributed by atoms with E-state index in [4.69, 9.17) is 14.8 Å². The highest BCUT2D eigenvalue weighted by molar-refractivity contribution is 7.47. The monoisotopic (exact) mass is 799 g/mol. The van der Waals surface area contributed by atoms with Gasteiger partial charge in [0.05, 0.1) is 37.9 Å². The fourth-order valence-corrected chi connectivity index (χ4v) is 7.30. The van der Waals surface area contributed by atoms with Crippen molar-refractivity contribution in [2.24, 2.45) is 5.73 Å². The molecule has 0 aromatic rings. The lowest BCUT2D eigenvalue weighted by molar-refractivity contribution is -0.124. The van der Waals surface area contributed by atoms with Crippen molar-refractivity contribution in [1.29, 1.82) is 0 Å². The maximum Gasteiger partial charge on any atom is 0.472 e. The van der Waals surface area contributed by atoms with E-state index in [-0.39, 0.29) is 19.6 Å². The molecule has 9 nitrogen and oxygen atoms in total. The molecule has 4 unspecified atom stereocenters. The van der Waals surface area contributed by atoms with Crippen molar-refractivity contribution >= 4 is 13.7 Å². The molecular weight excluding hydrogens is 711 g/mol. The van der Waals surface area contributed by atoms with E-state index in [0.29, 0.717) is 12.8 Å². The standard InChI is InChI=1S/C45H87N2O7P/c1-3-5-7-9-11-13-15-17-18-19-20-21-22-23-24-25-26-28-30-32-34-36-42(48)40-45(50)47-43(41-54-55(51,52)53-39-38-46)44(49)37-35-33-31-29-27-16-14-12-10-8-6-4-2/h23-24,27,29,35,37,42-44,48-49H,3-22,25-26,28,30-34,36,38-41,46H2,1-2H3,(H,47,50)(H,51,52)/b24-23-,29-27+,37-35+. The quantitative estimate of drug-likeness (QED) is 0.0233. The molecule has 0 heterocycles. The first-order valence-corrected chi connectivity index (χ1v) is 24.2. The van der Waals surface area contributed by atoms with Gasteiger partial charge in [-0.1, -0.05) is 179 Å². The molecular formula is C45H87N2O7P. The first-order chi connectivity index (χ1) is 26.8. The summed E-state index contributed by atoms with van der Waals surface area (Å²) in [6.45, 7) is 3.93. The third-order valence-corrected chi connectivity index (χ3v) is 11.0. The molecule has 324 valence electrons. The Bertz CT molecular complexity index is 977. The van der Waals surface area contributed by atoms with Crippen LogP contribution < -0.4 is 11.1 Å². The van der Waals surface area contributed by atoms with Crippen LogP contribution in [0.2, 0.25) is 0 Å². The van der Waals surface area contributed by atoms with Crippen LogP contribution in [0.1, 0.15) is 206 Å². The second kappa shape index (κ2) is 40.9. The number of phosphoric acid groups is 1. The normalized spacial score (nSPS) is 14.9. The SMILES string of the molecule is CCCCCCCC/C=C/CC/C=C/C(O)C(COP(=O)(O)OCCN)NC(=O)CC(O)CCCCCCC/C=C\CCCCCCCCCCCCCC. The van der Waals surface area contributed by atoms with Crippen LogP contribution in [0.4, 0.5) is 0 Å². The zero-order valence-corrected chi connectivity index (χ0v) is 36.4. The highest BCUT2D eigenvalue weighted by Crippen LogP contribution is 2.43. The summed E-state index contributed by atoms with van der Waals surface area (Å²) in [5.74, 6) is -0.461. The van der Waals surface area contributed by atoms with Crippen molar-refractivity contribution in [1.82, 2.24) is 5.32 Å². The Morgan fingerprint density at radius 2 is 1.04 bits per heavy atom. The molecule has 0 aliphatic rings. The number of phosphoric ester groups is 1. The van der Waals surface area contributed by atoms with Gasteiger partial charge >= 0.3 is 7.82 Å². The number of aliphatic hydroxyl groups excluding tert-OH is 2. The second-order valence-corrected chi connectivity index (χ2v) is 16.9. The van der Waals surface area contributed by atoms with E-state index in [1.54, 1.807) is 6.08 Å². The summed E-state index contributed by atoms with van der Waals surface area (Å²) in [7, 11) is -4.41. The van der Waals surface area contributed by atoms with E-state index in [9.17, 15) is 24.5 Å². The van der Waals surface area contributed by atoms with Crippen molar-refractivity contribution in [3.63, 3.8) is 0 Å². The molecule has 0 bridgehead atoms. The van der Waals surface area contributed by atoms with Crippen LogP contribution in [0.25, 0.3) is 0 Å². The van der Waals surface area contributed by atoms with Crippen LogP contribution in [-0.2, 0) is 18.4 Å². The van der Waals surface area contributed by atoms with Crippen LogP contribution in [0.5, 0.6) is 0 Å². The van der Waals surface area contributed by atoms with Crippen LogP contribution >= 0.6 is 7.82 Å². The highest BCUT2D eigenvalue weighted by atomic mass is 31.2. The number of hydrogen-bond donors (Lipinski definition) is 5. The lowest BCUT2D eigenvalue weighted by atomic mass is 10.0. The van der Waals surface area contributed by atoms with Crippen molar-refractivity contribution < 1.29 is 33.5 Å². The summed E-state index contributed by atoms with van der Waals surface area (Å²) in [6.07, 6.45) is 45.3. The molecule has 0 aromatic carbocycles. The molecule has 0 aliphatic carbocycles. The number of allylic oxidation sites excluding steroid dienone is 5. The second-order valence-electron chi connectivity index (χ2n) is 15.4. The number of aliphatic hydroxyl groups is 2. The minimum Gasteiger partial charge on any atom is -0.393 e. The van der Waals surface area contributed by atoms with Gasteiger partial charge in [0.1, 0.15) is 0 Å². The number of amides is 1. The maximum atomic E-state index is 12.8. The van der Waals surface area contributed by atoms with Gasteiger partial charge in [0.25, 0.3) is 0 Å². The fraction of sp³-hybridized carbons (Fsp3) is 0.844. The Morgan fingerprint density at radius 3 is 1.51 bits per heavy atom. The Labute approximate surface area is 338 Å². The first kappa shape index (κ1) is 53.7. The van der Waals surface area contributed by atoms with Gasteiger partial charge in [0.2, 0.25) is 5.91 Å². The molecule has 0 saturated carbocycles.